The highest BCUT2D eigenvalue weighted by atomic mass is 16.5. The quantitative estimate of drug-likeness (QED) is 0.496. The zero-order chi connectivity index (χ0) is 23.5. The largest absolute Gasteiger partial charge is 0.457 e. The fourth-order valence-corrected chi connectivity index (χ4v) is 4.97. The number of piperidine rings is 1. The van der Waals surface area contributed by atoms with E-state index in [9.17, 15) is 9.59 Å². The summed E-state index contributed by atoms with van der Waals surface area (Å²) in [5.41, 5.74) is 1.39. The highest BCUT2D eigenvalue weighted by molar-refractivity contribution is 6.06. The zero-order valence-corrected chi connectivity index (χ0v) is 19.4. The second-order valence-corrected chi connectivity index (χ2v) is 9.09. The zero-order valence-electron chi connectivity index (χ0n) is 19.4. The summed E-state index contributed by atoms with van der Waals surface area (Å²) in [6.45, 7) is 2.61. The van der Waals surface area contributed by atoms with Crippen LogP contribution in [0.15, 0.2) is 84.9 Å². The summed E-state index contributed by atoms with van der Waals surface area (Å²) in [6.07, 6.45) is 1.28. The fraction of sp³-hybridized carbons (Fsp3) is 0.286. The third kappa shape index (κ3) is 4.29. The van der Waals surface area contributed by atoms with Crippen LogP contribution < -0.4 is 4.74 Å². The van der Waals surface area contributed by atoms with E-state index in [4.69, 9.17) is 4.74 Å². The molecule has 3 amide bonds. The molecule has 5 rings (SSSR count). The van der Waals surface area contributed by atoms with Crippen molar-refractivity contribution in [3.05, 3.63) is 96.1 Å². The molecule has 1 spiro atoms. The highest BCUT2D eigenvalue weighted by Crippen LogP contribution is 2.37. The van der Waals surface area contributed by atoms with Crippen molar-refractivity contribution in [2.45, 2.75) is 31.5 Å². The highest BCUT2D eigenvalue weighted by Gasteiger charge is 2.56. The van der Waals surface area contributed by atoms with Gasteiger partial charge in [0.25, 0.3) is 5.91 Å². The Labute approximate surface area is 200 Å². The minimum atomic E-state index is -0.735. The molecular weight excluding hydrogens is 426 g/mol. The Hall–Kier alpha value is -3.64. The summed E-state index contributed by atoms with van der Waals surface area (Å²) in [5, 5.41) is 0. The molecule has 0 atom stereocenters. The number of carbonyl (C=O) groups is 2. The molecule has 2 heterocycles. The molecule has 6 nitrogen and oxygen atoms in total. The Balaban J connectivity index is 1.23. The molecule has 2 saturated heterocycles. The molecule has 0 unspecified atom stereocenters. The van der Waals surface area contributed by atoms with Crippen LogP contribution in [0.3, 0.4) is 0 Å². The summed E-state index contributed by atoms with van der Waals surface area (Å²) >= 11 is 0. The van der Waals surface area contributed by atoms with Gasteiger partial charge in [-0.05, 0) is 48.2 Å². The Bertz CT molecular complexity index is 1160. The normalized spacial score (nSPS) is 18.0. The molecule has 0 radical (unpaired) electrons. The molecule has 0 aromatic heterocycles. The van der Waals surface area contributed by atoms with Crippen molar-refractivity contribution in [3.63, 3.8) is 0 Å². The first kappa shape index (κ1) is 22.2. The van der Waals surface area contributed by atoms with Gasteiger partial charge < -0.3 is 9.64 Å². The number of ether oxygens (including phenoxy) is 1. The van der Waals surface area contributed by atoms with Crippen molar-refractivity contribution >= 4 is 11.9 Å². The van der Waals surface area contributed by atoms with E-state index in [0.29, 0.717) is 19.4 Å². The van der Waals surface area contributed by atoms with E-state index in [2.05, 4.69) is 17.0 Å². The van der Waals surface area contributed by atoms with Crippen molar-refractivity contribution in [2.75, 3.05) is 20.1 Å². The summed E-state index contributed by atoms with van der Waals surface area (Å²) in [6, 6.07) is 27.4. The number of urea groups is 1. The van der Waals surface area contributed by atoms with Gasteiger partial charge in [-0.3, -0.25) is 14.6 Å². The number of amides is 3. The molecular formula is C28H29N3O3. The van der Waals surface area contributed by atoms with Gasteiger partial charge in [0.2, 0.25) is 0 Å². The lowest BCUT2D eigenvalue weighted by atomic mass is 9.86. The second-order valence-electron chi connectivity index (χ2n) is 9.09. The van der Waals surface area contributed by atoms with Gasteiger partial charge in [0, 0.05) is 26.7 Å². The standard InChI is InChI=1S/C28H29N3O3/c1-29-27(33)31(21-22-9-4-2-5-10-22)26(32)28(29)15-17-30(18-16-28)20-23-11-8-14-25(19-23)34-24-12-6-3-7-13-24/h2-14,19H,15-18,20-21H2,1H3. The smallest absolute Gasteiger partial charge is 0.327 e. The summed E-state index contributed by atoms with van der Waals surface area (Å²) in [7, 11) is 1.77. The minimum Gasteiger partial charge on any atom is -0.457 e. The maximum atomic E-state index is 13.4. The molecule has 3 aromatic rings. The minimum absolute atomic E-state index is 0.0678. The lowest BCUT2D eigenvalue weighted by Crippen LogP contribution is -2.55. The van der Waals surface area contributed by atoms with Crippen molar-refractivity contribution < 1.29 is 14.3 Å². The number of likely N-dealkylation sites (N-methyl/N-ethyl adjacent to an activating group) is 1. The number of benzene rings is 3. The van der Waals surface area contributed by atoms with Gasteiger partial charge in [-0.1, -0.05) is 60.7 Å². The predicted molar refractivity (Wildman–Crippen MR) is 130 cm³/mol. The number of para-hydroxylation sites is 1. The number of nitrogens with zero attached hydrogens (tertiary/aromatic N) is 3. The number of hydrogen-bond donors (Lipinski definition) is 0. The van der Waals surface area contributed by atoms with E-state index in [1.807, 2.05) is 72.8 Å². The number of carbonyl (C=O) groups excluding carboxylic acids is 2. The third-order valence-electron chi connectivity index (χ3n) is 6.95. The Morgan fingerprint density at radius 2 is 1.38 bits per heavy atom. The number of hydrogen-bond acceptors (Lipinski definition) is 4. The number of imide groups is 1. The van der Waals surface area contributed by atoms with Crippen molar-refractivity contribution in [1.82, 2.24) is 14.7 Å². The number of rotatable bonds is 6. The van der Waals surface area contributed by atoms with Gasteiger partial charge in [-0.25, -0.2) is 4.79 Å². The number of likely N-dealkylation sites (tertiary alicyclic amines) is 1. The Morgan fingerprint density at radius 3 is 2.09 bits per heavy atom. The van der Waals surface area contributed by atoms with Gasteiger partial charge in [-0.15, -0.1) is 0 Å². The molecule has 2 aliphatic rings. The van der Waals surface area contributed by atoms with Crippen LogP contribution in [-0.4, -0.2) is 52.3 Å². The van der Waals surface area contributed by atoms with Gasteiger partial charge in [0.1, 0.15) is 17.0 Å². The Kier molecular flexibility index (Phi) is 6.07. The van der Waals surface area contributed by atoms with Crippen LogP contribution in [0.5, 0.6) is 11.5 Å². The van der Waals surface area contributed by atoms with E-state index in [-0.39, 0.29) is 11.9 Å². The van der Waals surface area contributed by atoms with Crippen molar-refractivity contribution in [3.8, 4) is 11.5 Å². The van der Waals surface area contributed by atoms with E-state index in [1.165, 1.54) is 4.90 Å². The topological polar surface area (TPSA) is 53.1 Å². The van der Waals surface area contributed by atoms with E-state index < -0.39 is 5.54 Å². The van der Waals surface area contributed by atoms with Crippen LogP contribution in [0.2, 0.25) is 0 Å². The van der Waals surface area contributed by atoms with Crippen LogP contribution in [-0.2, 0) is 17.9 Å². The van der Waals surface area contributed by atoms with E-state index in [0.717, 1.165) is 42.3 Å². The van der Waals surface area contributed by atoms with Gasteiger partial charge >= 0.3 is 6.03 Å². The molecule has 0 bridgehead atoms. The molecule has 2 fully saturated rings. The molecule has 34 heavy (non-hydrogen) atoms. The van der Waals surface area contributed by atoms with Crippen LogP contribution in [0.25, 0.3) is 0 Å². The summed E-state index contributed by atoms with van der Waals surface area (Å²) in [5.74, 6) is 1.55. The first-order valence-corrected chi connectivity index (χ1v) is 11.7. The Morgan fingerprint density at radius 1 is 0.765 bits per heavy atom. The molecule has 2 aliphatic heterocycles. The van der Waals surface area contributed by atoms with Crippen LogP contribution in [0.4, 0.5) is 4.79 Å². The molecule has 0 saturated carbocycles. The molecule has 0 aliphatic carbocycles. The average molecular weight is 456 g/mol. The third-order valence-corrected chi connectivity index (χ3v) is 6.95. The van der Waals surface area contributed by atoms with E-state index in [1.54, 1.807) is 11.9 Å². The monoisotopic (exact) mass is 455 g/mol. The van der Waals surface area contributed by atoms with Crippen molar-refractivity contribution in [2.24, 2.45) is 0 Å². The van der Waals surface area contributed by atoms with Crippen LogP contribution >= 0.6 is 0 Å². The maximum absolute atomic E-state index is 13.4. The average Bonchev–Trinajstić information content (AvgIpc) is 3.03. The summed E-state index contributed by atoms with van der Waals surface area (Å²) < 4.78 is 5.97. The molecule has 0 N–H and O–H groups in total. The molecule has 3 aromatic carbocycles. The van der Waals surface area contributed by atoms with Crippen molar-refractivity contribution in [1.29, 1.82) is 0 Å². The first-order valence-electron chi connectivity index (χ1n) is 11.7. The van der Waals surface area contributed by atoms with Crippen LogP contribution in [0.1, 0.15) is 24.0 Å². The van der Waals surface area contributed by atoms with E-state index >= 15 is 0 Å². The first-order chi connectivity index (χ1) is 16.5. The summed E-state index contributed by atoms with van der Waals surface area (Å²) in [4.78, 5) is 31.8. The molecule has 174 valence electrons. The SMILES string of the molecule is CN1C(=O)N(Cc2ccccc2)C(=O)C12CCN(Cc1cccc(Oc3ccccc3)c1)CC2. The lowest BCUT2D eigenvalue weighted by molar-refractivity contribution is -0.135. The van der Waals surface area contributed by atoms with Gasteiger partial charge in [0.05, 0.1) is 6.54 Å². The van der Waals surface area contributed by atoms with Gasteiger partial charge in [-0.2, -0.15) is 0 Å². The fourth-order valence-electron chi connectivity index (χ4n) is 4.97. The molecule has 6 heteroatoms. The predicted octanol–water partition coefficient (Wildman–Crippen LogP) is 4.91. The maximum Gasteiger partial charge on any atom is 0.327 e. The van der Waals surface area contributed by atoms with Crippen LogP contribution in [0, 0.1) is 0 Å². The lowest BCUT2D eigenvalue weighted by Gasteiger charge is -2.40. The second kappa shape index (κ2) is 9.31. The van der Waals surface area contributed by atoms with Gasteiger partial charge in [0.15, 0.2) is 0 Å².